The number of rotatable bonds is 3. The third kappa shape index (κ3) is 4.20. The molecule has 1 spiro atoms. The molecule has 0 saturated carbocycles. The van der Waals surface area contributed by atoms with E-state index in [-0.39, 0.29) is 22.5 Å². The summed E-state index contributed by atoms with van der Waals surface area (Å²) in [4.78, 5) is 13.2. The Bertz CT molecular complexity index is 1160. The van der Waals surface area contributed by atoms with E-state index in [4.69, 9.17) is 9.47 Å². The van der Waals surface area contributed by atoms with E-state index >= 15 is 0 Å². The monoisotopic (exact) mass is 521 g/mol. The Hall–Kier alpha value is -1.90. The first-order valence-corrected chi connectivity index (χ1v) is 12.9. The third-order valence-electron chi connectivity index (χ3n) is 6.35. The average molecular weight is 522 g/mol. The highest BCUT2D eigenvalue weighted by Crippen LogP contribution is 2.41. The molecule has 1 saturated heterocycles. The number of methoxy groups -OCH3 is 1. The Balaban J connectivity index is 1.52. The molecule has 32 heavy (non-hydrogen) atoms. The lowest BCUT2D eigenvalue weighted by Crippen LogP contribution is -2.52. The van der Waals surface area contributed by atoms with Gasteiger partial charge in [0.25, 0.3) is 0 Å². The Labute approximate surface area is 198 Å². The van der Waals surface area contributed by atoms with E-state index in [1.165, 1.54) is 11.4 Å². The van der Waals surface area contributed by atoms with Crippen LogP contribution in [0.2, 0.25) is 0 Å². The molecule has 4 rings (SSSR count). The molecule has 8 heteroatoms. The predicted molar refractivity (Wildman–Crippen MR) is 126 cm³/mol. The molecule has 0 N–H and O–H groups in total. The highest BCUT2D eigenvalue weighted by molar-refractivity contribution is 9.10. The molecule has 172 valence electrons. The fourth-order valence-corrected chi connectivity index (χ4v) is 6.49. The van der Waals surface area contributed by atoms with Gasteiger partial charge in [-0.1, -0.05) is 26.8 Å². The molecule has 0 amide bonds. The van der Waals surface area contributed by atoms with Gasteiger partial charge in [0.2, 0.25) is 10.0 Å². The second-order valence-electron chi connectivity index (χ2n) is 9.55. The molecule has 2 heterocycles. The number of sulfonamides is 1. The van der Waals surface area contributed by atoms with Crippen LogP contribution in [0.3, 0.4) is 0 Å². The second kappa shape index (κ2) is 8.15. The highest BCUT2D eigenvalue weighted by atomic mass is 79.9. The summed E-state index contributed by atoms with van der Waals surface area (Å²) < 4.78 is 39.9. The number of ketones is 1. The molecule has 0 unspecified atom stereocenters. The Morgan fingerprint density at radius 1 is 1.09 bits per heavy atom. The van der Waals surface area contributed by atoms with Crippen LogP contribution in [0.4, 0.5) is 0 Å². The van der Waals surface area contributed by atoms with E-state index in [0.717, 1.165) is 5.56 Å². The van der Waals surface area contributed by atoms with Crippen LogP contribution in [0.25, 0.3) is 0 Å². The smallest absolute Gasteiger partial charge is 0.243 e. The summed E-state index contributed by atoms with van der Waals surface area (Å²) in [5, 5.41) is 0. The summed E-state index contributed by atoms with van der Waals surface area (Å²) in [5.74, 6) is 1.24. The first-order valence-electron chi connectivity index (χ1n) is 10.7. The van der Waals surface area contributed by atoms with Crippen LogP contribution in [0.1, 0.15) is 56.0 Å². The lowest BCUT2D eigenvalue weighted by atomic mass is 9.80. The molecular formula is C24H28BrNO5S. The molecule has 0 aromatic heterocycles. The minimum Gasteiger partial charge on any atom is -0.496 e. The van der Waals surface area contributed by atoms with E-state index in [1.807, 2.05) is 18.2 Å². The van der Waals surface area contributed by atoms with Crippen LogP contribution >= 0.6 is 15.9 Å². The van der Waals surface area contributed by atoms with Crippen molar-refractivity contribution in [2.75, 3.05) is 20.2 Å². The number of Topliss-reactive ketones (excluding diaryl/α,β-unsaturated/α-hetero) is 1. The number of hydrogen-bond donors (Lipinski definition) is 0. The number of piperidine rings is 1. The first-order chi connectivity index (χ1) is 14.9. The van der Waals surface area contributed by atoms with Gasteiger partial charge < -0.3 is 9.47 Å². The quantitative estimate of drug-likeness (QED) is 0.571. The summed E-state index contributed by atoms with van der Waals surface area (Å²) in [6, 6.07) is 10.6. The van der Waals surface area contributed by atoms with Crippen LogP contribution in [-0.2, 0) is 15.4 Å². The second-order valence-corrected chi connectivity index (χ2v) is 12.3. The Morgan fingerprint density at radius 3 is 2.38 bits per heavy atom. The molecule has 1 fully saturated rings. The fourth-order valence-electron chi connectivity index (χ4n) is 4.33. The maximum absolute atomic E-state index is 13.2. The van der Waals surface area contributed by atoms with Crippen molar-refractivity contribution in [1.29, 1.82) is 0 Å². The summed E-state index contributed by atoms with van der Waals surface area (Å²) in [5.41, 5.74) is 1.01. The number of fused-ring (bicyclic) bond motifs is 1. The first kappa shape index (κ1) is 23.3. The summed E-state index contributed by atoms with van der Waals surface area (Å²) in [6.45, 7) is 6.94. The summed E-state index contributed by atoms with van der Waals surface area (Å²) >= 11 is 3.35. The van der Waals surface area contributed by atoms with Crippen LogP contribution in [-0.4, -0.2) is 44.3 Å². The highest BCUT2D eigenvalue weighted by Gasteiger charge is 2.45. The molecule has 0 atom stereocenters. The third-order valence-corrected chi connectivity index (χ3v) is 8.86. The SMILES string of the molecule is COc1ccc(S(=O)(=O)N2CCC3(CC2)CC(=O)c2cc(C(C)(C)C)ccc2O3)cc1Br. The van der Waals surface area contributed by atoms with Gasteiger partial charge in [0.05, 0.1) is 28.5 Å². The van der Waals surface area contributed by atoms with Gasteiger partial charge in [0.1, 0.15) is 17.1 Å². The van der Waals surface area contributed by atoms with Gasteiger partial charge in [0.15, 0.2) is 5.78 Å². The van der Waals surface area contributed by atoms with Gasteiger partial charge >= 0.3 is 0 Å². The summed E-state index contributed by atoms with van der Waals surface area (Å²) in [6.07, 6.45) is 1.21. The standard InChI is InChI=1S/C24H28BrNO5S/c1-23(2,3)16-5-7-21-18(13-16)20(27)15-24(31-21)9-11-26(12-10-24)32(28,29)17-6-8-22(30-4)19(25)14-17/h5-8,13-14H,9-12,15H2,1-4H3. The van der Waals surface area contributed by atoms with Crippen molar-refractivity contribution in [2.45, 2.75) is 55.9 Å². The minimum absolute atomic E-state index is 0.0550. The number of carbonyl (C=O) groups excluding carboxylic acids is 1. The van der Waals surface area contributed by atoms with Gasteiger partial charge in [-0.25, -0.2) is 8.42 Å². The van der Waals surface area contributed by atoms with Crippen LogP contribution in [0.5, 0.6) is 11.5 Å². The molecule has 0 aliphatic carbocycles. The maximum Gasteiger partial charge on any atom is 0.243 e. The lowest BCUT2D eigenvalue weighted by molar-refractivity contribution is 0.00587. The van der Waals surface area contributed by atoms with Crippen molar-refractivity contribution in [1.82, 2.24) is 4.31 Å². The van der Waals surface area contributed by atoms with Gasteiger partial charge in [-0.05, 0) is 57.2 Å². The molecule has 6 nitrogen and oxygen atoms in total. The van der Waals surface area contributed by atoms with Crippen molar-refractivity contribution < 1.29 is 22.7 Å². The zero-order valence-corrected chi connectivity index (χ0v) is 21.2. The van der Waals surface area contributed by atoms with E-state index in [2.05, 4.69) is 36.7 Å². The Kier molecular flexibility index (Phi) is 5.92. The number of nitrogens with zero attached hydrogens (tertiary/aromatic N) is 1. The molecule has 0 radical (unpaired) electrons. The van der Waals surface area contributed by atoms with E-state index in [1.54, 1.807) is 18.2 Å². The topological polar surface area (TPSA) is 72.9 Å². The number of hydrogen-bond acceptors (Lipinski definition) is 5. The fraction of sp³-hybridized carbons (Fsp3) is 0.458. The van der Waals surface area contributed by atoms with E-state index in [9.17, 15) is 13.2 Å². The number of benzene rings is 2. The van der Waals surface area contributed by atoms with Gasteiger partial charge in [-0.15, -0.1) is 0 Å². The maximum atomic E-state index is 13.2. The molecule has 2 aliphatic heterocycles. The molecule has 2 aromatic rings. The molecule has 0 bridgehead atoms. The van der Waals surface area contributed by atoms with Gasteiger partial charge in [0, 0.05) is 25.9 Å². The number of halogens is 1. The van der Waals surface area contributed by atoms with Gasteiger partial charge in [-0.3, -0.25) is 4.79 Å². The average Bonchev–Trinajstić information content (AvgIpc) is 2.73. The van der Waals surface area contributed by atoms with E-state index < -0.39 is 15.6 Å². The summed E-state index contributed by atoms with van der Waals surface area (Å²) in [7, 11) is -2.12. The molecule has 2 aromatic carbocycles. The van der Waals surface area contributed by atoms with Crippen LogP contribution in [0.15, 0.2) is 45.8 Å². The number of ether oxygens (including phenoxy) is 2. The van der Waals surface area contributed by atoms with Crippen LogP contribution < -0.4 is 9.47 Å². The van der Waals surface area contributed by atoms with Crippen molar-refractivity contribution in [3.8, 4) is 11.5 Å². The molecular weight excluding hydrogens is 494 g/mol. The predicted octanol–water partition coefficient (Wildman–Crippen LogP) is 4.94. The van der Waals surface area contributed by atoms with Crippen molar-refractivity contribution in [2.24, 2.45) is 0 Å². The van der Waals surface area contributed by atoms with Crippen LogP contribution in [0, 0.1) is 0 Å². The largest absolute Gasteiger partial charge is 0.496 e. The van der Waals surface area contributed by atoms with Gasteiger partial charge in [-0.2, -0.15) is 4.31 Å². The minimum atomic E-state index is -3.65. The Morgan fingerprint density at radius 2 is 1.78 bits per heavy atom. The zero-order valence-electron chi connectivity index (χ0n) is 18.8. The van der Waals surface area contributed by atoms with E-state index in [0.29, 0.717) is 47.5 Å². The molecule has 2 aliphatic rings. The van der Waals surface area contributed by atoms with Crippen molar-refractivity contribution in [3.63, 3.8) is 0 Å². The number of carbonyl (C=O) groups is 1. The zero-order chi connectivity index (χ0) is 23.3. The normalized spacial score (nSPS) is 18.8. The van der Waals surface area contributed by atoms with Crippen molar-refractivity contribution in [3.05, 3.63) is 52.0 Å². The lowest BCUT2D eigenvalue weighted by Gasteiger charge is -2.43. The van der Waals surface area contributed by atoms with Crippen molar-refractivity contribution >= 4 is 31.7 Å².